The zero-order valence-corrected chi connectivity index (χ0v) is 17.6. The van der Waals surface area contributed by atoms with Gasteiger partial charge in [-0.3, -0.25) is 0 Å². The van der Waals surface area contributed by atoms with Crippen LogP contribution in [0.5, 0.6) is 11.5 Å². The van der Waals surface area contributed by atoms with E-state index in [9.17, 15) is 4.79 Å². The number of carbonyl (C=O) groups is 1. The quantitative estimate of drug-likeness (QED) is 0.527. The zero-order valence-electron chi connectivity index (χ0n) is 17.6. The number of methoxy groups -OCH3 is 2. The highest BCUT2D eigenvalue weighted by Gasteiger charge is 2.22. The summed E-state index contributed by atoms with van der Waals surface area (Å²) in [6.45, 7) is 0. The molecule has 0 heterocycles. The molecular weight excluding hydrogens is 388 g/mol. The molecule has 4 nitrogen and oxygen atoms in total. The summed E-state index contributed by atoms with van der Waals surface area (Å²) in [4.78, 5) is 10.8. The van der Waals surface area contributed by atoms with Crippen molar-refractivity contribution in [2.24, 2.45) is 0 Å². The van der Waals surface area contributed by atoms with Crippen LogP contribution in [0.15, 0.2) is 72.8 Å². The molecule has 0 radical (unpaired) electrons. The number of allylic oxidation sites excluding steroid dienone is 1. The van der Waals surface area contributed by atoms with Gasteiger partial charge in [0.15, 0.2) is 0 Å². The largest absolute Gasteiger partial charge is 0.497 e. The molecule has 0 atom stereocenters. The fourth-order valence-corrected chi connectivity index (χ4v) is 4.03. The molecule has 4 rings (SSSR count). The molecule has 1 N–H and O–H groups in total. The summed E-state index contributed by atoms with van der Waals surface area (Å²) >= 11 is 0. The molecule has 0 unspecified atom stereocenters. The van der Waals surface area contributed by atoms with Crippen LogP contribution in [0.4, 0.5) is 0 Å². The Kier molecular flexibility index (Phi) is 5.89. The minimum absolute atomic E-state index is 0.835. The third kappa shape index (κ3) is 4.38. The predicted octanol–water partition coefficient (Wildman–Crippen LogP) is 5.71. The van der Waals surface area contributed by atoms with Gasteiger partial charge >= 0.3 is 5.97 Å². The van der Waals surface area contributed by atoms with Crippen molar-refractivity contribution in [1.82, 2.24) is 0 Å². The van der Waals surface area contributed by atoms with Crippen LogP contribution in [0, 0.1) is 0 Å². The monoisotopic (exact) mass is 412 g/mol. The van der Waals surface area contributed by atoms with E-state index in [2.05, 4.69) is 36.4 Å². The molecule has 3 aromatic carbocycles. The molecule has 0 aliphatic heterocycles. The van der Waals surface area contributed by atoms with Gasteiger partial charge in [0.1, 0.15) is 11.5 Å². The van der Waals surface area contributed by atoms with Crippen molar-refractivity contribution in [3.05, 3.63) is 101 Å². The van der Waals surface area contributed by atoms with E-state index in [0.717, 1.165) is 41.5 Å². The Bertz CT molecular complexity index is 1150. The van der Waals surface area contributed by atoms with Crippen molar-refractivity contribution >= 4 is 23.2 Å². The fraction of sp³-hybridized carbons (Fsp3) is 0.148. The number of ether oxygens (including phenoxy) is 2. The van der Waals surface area contributed by atoms with E-state index in [1.54, 1.807) is 20.3 Å². The Morgan fingerprint density at radius 3 is 2.13 bits per heavy atom. The van der Waals surface area contributed by atoms with E-state index < -0.39 is 5.97 Å². The molecule has 0 amide bonds. The second kappa shape index (κ2) is 8.92. The van der Waals surface area contributed by atoms with Crippen LogP contribution < -0.4 is 9.47 Å². The van der Waals surface area contributed by atoms with E-state index in [4.69, 9.17) is 14.6 Å². The van der Waals surface area contributed by atoms with Crippen LogP contribution in [0.3, 0.4) is 0 Å². The van der Waals surface area contributed by atoms with Crippen molar-refractivity contribution < 1.29 is 19.4 Å². The smallest absolute Gasteiger partial charge is 0.328 e. The van der Waals surface area contributed by atoms with Crippen LogP contribution in [-0.2, 0) is 11.2 Å². The number of aliphatic carboxylic acids is 1. The van der Waals surface area contributed by atoms with Crippen LogP contribution in [-0.4, -0.2) is 25.3 Å². The molecule has 1 aliphatic rings. The van der Waals surface area contributed by atoms with Crippen molar-refractivity contribution in [2.75, 3.05) is 14.2 Å². The molecule has 1 aliphatic carbocycles. The van der Waals surface area contributed by atoms with Crippen LogP contribution in [0.25, 0.3) is 17.2 Å². The lowest BCUT2D eigenvalue weighted by Crippen LogP contribution is -2.06. The first-order valence-electron chi connectivity index (χ1n) is 10.2. The second-order valence-corrected chi connectivity index (χ2v) is 7.40. The zero-order chi connectivity index (χ0) is 21.8. The lowest BCUT2D eigenvalue weighted by molar-refractivity contribution is -0.131. The van der Waals surface area contributed by atoms with E-state index in [0.29, 0.717) is 0 Å². The van der Waals surface area contributed by atoms with E-state index in [1.807, 2.05) is 30.3 Å². The van der Waals surface area contributed by atoms with Gasteiger partial charge < -0.3 is 14.6 Å². The Hall–Kier alpha value is -3.79. The summed E-state index contributed by atoms with van der Waals surface area (Å²) in [6.07, 6.45) is 4.61. The van der Waals surface area contributed by atoms with E-state index >= 15 is 0 Å². The molecular formula is C27H24O4. The molecule has 0 saturated carbocycles. The molecule has 0 fully saturated rings. The summed E-state index contributed by atoms with van der Waals surface area (Å²) < 4.78 is 10.8. The van der Waals surface area contributed by atoms with Crippen LogP contribution in [0.2, 0.25) is 0 Å². The number of benzene rings is 3. The van der Waals surface area contributed by atoms with Gasteiger partial charge in [0.2, 0.25) is 0 Å². The summed E-state index contributed by atoms with van der Waals surface area (Å²) in [7, 11) is 3.36. The molecule has 0 bridgehead atoms. The summed E-state index contributed by atoms with van der Waals surface area (Å²) in [6, 6.07) is 22.4. The van der Waals surface area contributed by atoms with Gasteiger partial charge in [-0.2, -0.15) is 0 Å². The van der Waals surface area contributed by atoms with Crippen molar-refractivity contribution in [2.45, 2.75) is 12.8 Å². The average Bonchev–Trinajstić information content (AvgIpc) is 2.82. The van der Waals surface area contributed by atoms with Gasteiger partial charge in [-0.05, 0) is 82.1 Å². The number of carboxylic acid groups (broad SMARTS) is 1. The van der Waals surface area contributed by atoms with E-state index in [1.165, 1.54) is 27.8 Å². The third-order valence-electron chi connectivity index (χ3n) is 5.58. The normalized spacial score (nSPS) is 13.2. The number of aryl methyl sites for hydroxylation is 1. The first kappa shape index (κ1) is 20.5. The van der Waals surface area contributed by atoms with Crippen LogP contribution in [0.1, 0.15) is 34.2 Å². The standard InChI is InChI=1S/C27H24O4/c1-30-22-11-8-19(9-12-22)24-14-10-21-17-23(31-2)13-15-25(21)27(24)20-6-3-18(4-7-20)5-16-26(28)29/h3-9,11-13,15-17H,10,14H2,1-2H3,(H,28,29). The Balaban J connectivity index is 1.84. The Labute approximate surface area is 182 Å². The maximum absolute atomic E-state index is 10.8. The van der Waals surface area contributed by atoms with Crippen LogP contribution >= 0.6 is 0 Å². The maximum Gasteiger partial charge on any atom is 0.328 e. The third-order valence-corrected chi connectivity index (χ3v) is 5.58. The summed E-state index contributed by atoms with van der Waals surface area (Å²) in [5.74, 6) is 0.741. The first-order valence-corrected chi connectivity index (χ1v) is 10.2. The lowest BCUT2D eigenvalue weighted by Gasteiger charge is -2.25. The molecule has 31 heavy (non-hydrogen) atoms. The number of hydrogen-bond acceptors (Lipinski definition) is 3. The SMILES string of the molecule is COc1ccc(C2=C(c3ccc(C=CC(=O)O)cc3)c3ccc(OC)cc3CC2)cc1. The lowest BCUT2D eigenvalue weighted by atomic mass is 9.79. The van der Waals surface area contributed by atoms with Gasteiger partial charge in [-0.1, -0.05) is 42.5 Å². The number of hydrogen-bond donors (Lipinski definition) is 1. The van der Waals surface area contributed by atoms with Crippen molar-refractivity contribution in [1.29, 1.82) is 0 Å². The van der Waals surface area contributed by atoms with E-state index in [-0.39, 0.29) is 0 Å². The fourth-order valence-electron chi connectivity index (χ4n) is 4.03. The molecule has 0 spiro atoms. The minimum Gasteiger partial charge on any atom is -0.497 e. The predicted molar refractivity (Wildman–Crippen MR) is 123 cm³/mol. The van der Waals surface area contributed by atoms with Crippen molar-refractivity contribution in [3.8, 4) is 11.5 Å². The average molecular weight is 412 g/mol. The summed E-state index contributed by atoms with van der Waals surface area (Å²) in [5.41, 5.74) is 8.07. The molecule has 4 heteroatoms. The Morgan fingerprint density at radius 1 is 0.839 bits per heavy atom. The topological polar surface area (TPSA) is 55.8 Å². The van der Waals surface area contributed by atoms with Gasteiger partial charge in [0.25, 0.3) is 0 Å². The Morgan fingerprint density at radius 2 is 1.48 bits per heavy atom. The summed E-state index contributed by atoms with van der Waals surface area (Å²) in [5, 5.41) is 8.87. The van der Waals surface area contributed by atoms with Gasteiger partial charge in [0, 0.05) is 6.08 Å². The van der Waals surface area contributed by atoms with Crippen molar-refractivity contribution in [3.63, 3.8) is 0 Å². The minimum atomic E-state index is -0.955. The number of fused-ring (bicyclic) bond motifs is 1. The van der Waals surface area contributed by atoms with Gasteiger partial charge in [0.05, 0.1) is 14.2 Å². The van der Waals surface area contributed by atoms with Gasteiger partial charge in [-0.25, -0.2) is 4.79 Å². The highest BCUT2D eigenvalue weighted by atomic mass is 16.5. The van der Waals surface area contributed by atoms with Gasteiger partial charge in [-0.15, -0.1) is 0 Å². The second-order valence-electron chi connectivity index (χ2n) is 7.40. The molecule has 156 valence electrons. The highest BCUT2D eigenvalue weighted by Crippen LogP contribution is 2.42. The highest BCUT2D eigenvalue weighted by molar-refractivity contribution is 6.01. The first-order chi connectivity index (χ1) is 15.1. The number of rotatable bonds is 6. The molecule has 3 aromatic rings. The molecule has 0 aromatic heterocycles. The molecule has 0 saturated heterocycles. The number of carboxylic acids is 1. The maximum atomic E-state index is 10.8.